The molecule has 0 amide bonds. The molecule has 4 rings (SSSR count). The summed E-state index contributed by atoms with van der Waals surface area (Å²) < 4.78 is 45.5. The first kappa shape index (κ1) is 26.4. The first-order valence-corrected chi connectivity index (χ1v) is 12.1. The Labute approximate surface area is 215 Å². The molecule has 0 fully saturated rings. The van der Waals surface area contributed by atoms with E-state index in [-0.39, 0.29) is 16.9 Å². The summed E-state index contributed by atoms with van der Waals surface area (Å²) in [5.74, 6) is 1.09. The first-order chi connectivity index (χ1) is 17.9. The van der Waals surface area contributed by atoms with Crippen LogP contribution in [-0.4, -0.2) is 30.8 Å². The first-order valence-electron chi connectivity index (χ1n) is 12.1. The predicted molar refractivity (Wildman–Crippen MR) is 138 cm³/mol. The molecule has 0 aliphatic heterocycles. The van der Waals surface area contributed by atoms with Gasteiger partial charge >= 0.3 is 0 Å². The molecule has 0 aliphatic carbocycles. The fraction of sp³-hybridized carbons (Fsp3) is 0.267. The van der Waals surface area contributed by atoms with Crippen molar-refractivity contribution in [3.8, 4) is 11.5 Å². The summed E-state index contributed by atoms with van der Waals surface area (Å²) in [4.78, 5) is 2.20. The summed E-state index contributed by atoms with van der Waals surface area (Å²) >= 11 is 0. The van der Waals surface area contributed by atoms with Gasteiger partial charge in [-0.15, -0.1) is 0 Å². The Morgan fingerprint density at radius 2 is 1.49 bits per heavy atom. The van der Waals surface area contributed by atoms with E-state index in [1.807, 2.05) is 18.2 Å². The number of methoxy groups -OCH3 is 2. The zero-order chi connectivity index (χ0) is 26.4. The topological polar surface area (TPSA) is 55.1 Å². The monoisotopic (exact) mass is 507 g/mol. The maximum Gasteiger partial charge on any atom is 0.173 e. The Hall–Kier alpha value is -3.68. The highest BCUT2D eigenvalue weighted by Crippen LogP contribution is 2.38. The predicted octanol–water partition coefficient (Wildman–Crippen LogP) is 6.27. The second-order valence-corrected chi connectivity index (χ2v) is 8.86. The number of halogens is 2. The minimum absolute atomic E-state index is 0.175. The van der Waals surface area contributed by atoms with Crippen molar-refractivity contribution in [2.24, 2.45) is 0 Å². The quantitative estimate of drug-likeness (QED) is 0.259. The van der Waals surface area contributed by atoms with Gasteiger partial charge < -0.3 is 19.0 Å². The van der Waals surface area contributed by atoms with Crippen molar-refractivity contribution in [2.45, 2.75) is 32.0 Å². The Morgan fingerprint density at radius 3 is 2.05 bits per heavy atom. The molecular formula is C30H31F2NO4. The van der Waals surface area contributed by atoms with E-state index in [9.17, 15) is 13.9 Å². The molecule has 1 aromatic heterocycles. The highest BCUT2D eigenvalue weighted by molar-refractivity contribution is 5.47. The third kappa shape index (κ3) is 5.68. The van der Waals surface area contributed by atoms with Crippen LogP contribution in [0.4, 0.5) is 8.78 Å². The number of nitrogens with zero attached hydrogens (tertiary/aromatic N) is 1. The summed E-state index contributed by atoms with van der Waals surface area (Å²) in [6.07, 6.45) is 0.913. The van der Waals surface area contributed by atoms with E-state index in [2.05, 4.69) is 11.8 Å². The molecule has 7 heteroatoms. The van der Waals surface area contributed by atoms with Gasteiger partial charge in [0.2, 0.25) is 0 Å². The minimum atomic E-state index is -1.88. The van der Waals surface area contributed by atoms with Gasteiger partial charge in [0.25, 0.3) is 0 Å². The second kappa shape index (κ2) is 11.6. The Morgan fingerprint density at radius 1 is 0.838 bits per heavy atom. The number of para-hydroxylation sites is 1. The fourth-order valence-corrected chi connectivity index (χ4v) is 4.61. The highest BCUT2D eigenvalue weighted by Gasteiger charge is 2.38. The average molecular weight is 508 g/mol. The van der Waals surface area contributed by atoms with Crippen LogP contribution >= 0.6 is 0 Å². The van der Waals surface area contributed by atoms with Gasteiger partial charge in [-0.1, -0.05) is 43.3 Å². The normalized spacial score (nSPS) is 11.6. The Balaban J connectivity index is 1.67. The highest BCUT2D eigenvalue weighted by atomic mass is 19.1. The lowest BCUT2D eigenvalue weighted by molar-refractivity contribution is 0.0945. The van der Waals surface area contributed by atoms with Crippen LogP contribution in [0.1, 0.15) is 41.6 Å². The van der Waals surface area contributed by atoms with E-state index >= 15 is 0 Å². The molecule has 0 aliphatic rings. The Bertz CT molecular complexity index is 1290. The maximum atomic E-state index is 14.2. The van der Waals surface area contributed by atoms with Crippen LogP contribution in [0.25, 0.3) is 0 Å². The van der Waals surface area contributed by atoms with Crippen molar-refractivity contribution >= 4 is 0 Å². The van der Waals surface area contributed by atoms with Crippen molar-refractivity contribution in [3.05, 3.63) is 119 Å². The van der Waals surface area contributed by atoms with Crippen molar-refractivity contribution in [3.63, 3.8) is 0 Å². The molecule has 194 valence electrons. The number of furan rings is 1. The van der Waals surface area contributed by atoms with Crippen LogP contribution in [0.5, 0.6) is 11.5 Å². The summed E-state index contributed by atoms with van der Waals surface area (Å²) in [5.41, 5.74) is -0.428. The van der Waals surface area contributed by atoms with E-state index in [1.165, 1.54) is 36.4 Å². The molecule has 4 aromatic rings. The summed E-state index contributed by atoms with van der Waals surface area (Å²) in [5, 5.41) is 11.9. The van der Waals surface area contributed by atoms with Crippen LogP contribution in [-0.2, 0) is 18.7 Å². The maximum absolute atomic E-state index is 14.2. The molecule has 0 bridgehead atoms. The van der Waals surface area contributed by atoms with Gasteiger partial charge in [0, 0.05) is 12.1 Å². The van der Waals surface area contributed by atoms with Gasteiger partial charge in [-0.3, -0.25) is 4.90 Å². The number of hydrogen-bond acceptors (Lipinski definition) is 5. The third-order valence-corrected chi connectivity index (χ3v) is 6.30. The summed E-state index contributed by atoms with van der Waals surface area (Å²) in [7, 11) is 3.22. The van der Waals surface area contributed by atoms with Gasteiger partial charge in [-0.25, -0.2) is 8.78 Å². The van der Waals surface area contributed by atoms with Gasteiger partial charge in [0.1, 0.15) is 23.2 Å². The van der Waals surface area contributed by atoms with E-state index in [4.69, 9.17) is 13.9 Å². The van der Waals surface area contributed by atoms with Crippen LogP contribution in [0, 0.1) is 11.6 Å². The molecule has 1 N–H and O–H groups in total. The molecule has 0 saturated carbocycles. The molecule has 3 aromatic carbocycles. The number of aliphatic hydroxyl groups is 1. The number of hydrogen-bond donors (Lipinski definition) is 1. The molecule has 0 radical (unpaired) electrons. The number of benzene rings is 3. The lowest BCUT2D eigenvalue weighted by Crippen LogP contribution is -2.28. The number of ether oxygens (including phenoxy) is 2. The van der Waals surface area contributed by atoms with Gasteiger partial charge in [0.15, 0.2) is 17.1 Å². The fourth-order valence-electron chi connectivity index (χ4n) is 4.61. The molecule has 0 spiro atoms. The van der Waals surface area contributed by atoms with E-state index in [0.717, 1.165) is 18.5 Å². The third-order valence-electron chi connectivity index (χ3n) is 6.30. The van der Waals surface area contributed by atoms with E-state index < -0.39 is 17.2 Å². The van der Waals surface area contributed by atoms with Crippen molar-refractivity contribution in [1.82, 2.24) is 4.90 Å². The molecular weight excluding hydrogens is 476 g/mol. The summed E-state index contributed by atoms with van der Waals surface area (Å²) in [6, 6.07) is 20.4. The van der Waals surface area contributed by atoms with Crippen molar-refractivity contribution in [2.75, 3.05) is 20.8 Å². The van der Waals surface area contributed by atoms with Crippen molar-refractivity contribution < 1.29 is 27.8 Å². The van der Waals surface area contributed by atoms with Gasteiger partial charge in [-0.2, -0.15) is 0 Å². The van der Waals surface area contributed by atoms with Crippen molar-refractivity contribution in [1.29, 1.82) is 0 Å². The van der Waals surface area contributed by atoms with Gasteiger partial charge in [-0.05, 0) is 66.6 Å². The largest absolute Gasteiger partial charge is 0.493 e. The lowest BCUT2D eigenvalue weighted by Gasteiger charge is -2.27. The van der Waals surface area contributed by atoms with Crippen LogP contribution in [0.15, 0.2) is 83.3 Å². The van der Waals surface area contributed by atoms with Gasteiger partial charge in [0.05, 0.1) is 20.8 Å². The van der Waals surface area contributed by atoms with Crippen LogP contribution in [0.2, 0.25) is 0 Å². The van der Waals surface area contributed by atoms with Crippen LogP contribution < -0.4 is 9.47 Å². The van der Waals surface area contributed by atoms with Crippen LogP contribution in [0.3, 0.4) is 0 Å². The zero-order valence-corrected chi connectivity index (χ0v) is 21.2. The Kier molecular flexibility index (Phi) is 8.26. The average Bonchev–Trinajstić information content (AvgIpc) is 3.37. The molecule has 1 heterocycles. The minimum Gasteiger partial charge on any atom is -0.493 e. The molecule has 5 nitrogen and oxygen atoms in total. The SMILES string of the molecule is CCCN(Cc1ccc(C(O)(c2cccc(F)c2)c2cccc(F)c2)o1)Cc1cccc(OC)c1OC. The van der Waals surface area contributed by atoms with E-state index in [0.29, 0.717) is 30.3 Å². The smallest absolute Gasteiger partial charge is 0.173 e. The lowest BCUT2D eigenvalue weighted by atomic mass is 9.84. The molecule has 0 atom stereocenters. The molecule has 0 unspecified atom stereocenters. The van der Waals surface area contributed by atoms with E-state index in [1.54, 1.807) is 38.5 Å². The molecule has 37 heavy (non-hydrogen) atoms. The standard InChI is InChI=1S/C30H31F2NO4/c1-4-16-33(19-21-8-5-13-27(35-2)29(21)36-3)20-26-14-15-28(37-26)30(34,22-9-6-11-24(31)17-22)23-10-7-12-25(32)18-23/h5-15,17-18,34H,4,16,19-20H2,1-3H3. The molecule has 0 saturated heterocycles. The second-order valence-electron chi connectivity index (χ2n) is 8.86. The summed E-state index contributed by atoms with van der Waals surface area (Å²) in [6.45, 7) is 3.92. The number of rotatable bonds is 11. The zero-order valence-electron chi connectivity index (χ0n) is 21.2.